The summed E-state index contributed by atoms with van der Waals surface area (Å²) >= 11 is 0. The van der Waals surface area contributed by atoms with Crippen molar-refractivity contribution in [2.24, 2.45) is 20.0 Å². The molecule has 0 radical (unpaired) electrons. The van der Waals surface area contributed by atoms with E-state index in [1.54, 1.807) is 6.92 Å². The molecule has 0 spiro atoms. The molecule has 1 aromatic carbocycles. The average molecular weight is 451 g/mol. The summed E-state index contributed by atoms with van der Waals surface area (Å²) in [7, 11) is 2.77. The molecule has 1 atom stereocenters. The Morgan fingerprint density at radius 3 is 2.25 bits per heavy atom. The van der Waals surface area contributed by atoms with Crippen LogP contribution in [0.5, 0.6) is 0 Å². The molecular weight excluding hydrogens is 427 g/mol. The average Bonchev–Trinajstić information content (AvgIpc) is 2.73. The number of benzene rings is 1. The molecular formula is C22H24F3N3O4. The van der Waals surface area contributed by atoms with Gasteiger partial charge in [-0.15, -0.1) is 0 Å². The number of esters is 1. The smallest absolute Gasteiger partial charge is 0.416 e. The van der Waals surface area contributed by atoms with Crippen LogP contribution in [-0.4, -0.2) is 21.7 Å². The number of rotatable bonds is 4. The maximum absolute atomic E-state index is 13.1. The van der Waals surface area contributed by atoms with E-state index >= 15 is 0 Å². The number of anilines is 1. The van der Waals surface area contributed by atoms with E-state index in [2.05, 4.69) is 5.32 Å². The van der Waals surface area contributed by atoms with Crippen LogP contribution < -0.4 is 16.6 Å². The Morgan fingerprint density at radius 1 is 1.12 bits per heavy atom. The summed E-state index contributed by atoms with van der Waals surface area (Å²) in [5.74, 6) is -1.46. The van der Waals surface area contributed by atoms with Gasteiger partial charge in [0.05, 0.1) is 29.2 Å². The van der Waals surface area contributed by atoms with Gasteiger partial charge in [-0.25, -0.2) is 9.59 Å². The number of allylic oxidation sites excluding steroid dienone is 1. The van der Waals surface area contributed by atoms with Gasteiger partial charge in [-0.3, -0.25) is 13.9 Å². The highest BCUT2D eigenvalue weighted by Crippen LogP contribution is 2.41. The molecule has 7 nitrogen and oxygen atoms in total. The van der Waals surface area contributed by atoms with E-state index in [0.717, 1.165) is 16.7 Å². The van der Waals surface area contributed by atoms with Crippen LogP contribution in [0.1, 0.15) is 43.4 Å². The predicted octanol–water partition coefficient (Wildman–Crippen LogP) is 3.13. The van der Waals surface area contributed by atoms with Crippen LogP contribution in [0.25, 0.3) is 0 Å². The number of fused-ring (bicyclic) bond motifs is 1. The van der Waals surface area contributed by atoms with E-state index in [0.29, 0.717) is 11.3 Å². The van der Waals surface area contributed by atoms with E-state index in [4.69, 9.17) is 4.74 Å². The van der Waals surface area contributed by atoms with Gasteiger partial charge in [0.25, 0.3) is 5.56 Å². The van der Waals surface area contributed by atoms with Gasteiger partial charge >= 0.3 is 17.8 Å². The second-order valence-corrected chi connectivity index (χ2v) is 8.18. The predicted molar refractivity (Wildman–Crippen MR) is 112 cm³/mol. The monoisotopic (exact) mass is 451 g/mol. The number of halogens is 3. The van der Waals surface area contributed by atoms with Crippen molar-refractivity contribution < 1.29 is 22.7 Å². The number of carbonyl (C=O) groups is 1. The van der Waals surface area contributed by atoms with Crippen molar-refractivity contribution in [1.29, 1.82) is 0 Å². The molecule has 1 aliphatic heterocycles. The van der Waals surface area contributed by atoms with Crippen molar-refractivity contribution in [1.82, 2.24) is 9.13 Å². The molecule has 0 fully saturated rings. The maximum atomic E-state index is 13.1. The highest BCUT2D eigenvalue weighted by atomic mass is 19.4. The molecule has 0 aliphatic carbocycles. The Hall–Kier alpha value is -3.30. The molecule has 1 N–H and O–H groups in total. The molecule has 0 saturated carbocycles. The number of nitrogens with one attached hydrogen (secondary N) is 1. The highest BCUT2D eigenvalue weighted by molar-refractivity contribution is 5.94. The van der Waals surface area contributed by atoms with E-state index in [9.17, 15) is 27.6 Å². The molecule has 3 rings (SSSR count). The number of hydrogen-bond donors (Lipinski definition) is 1. The summed E-state index contributed by atoms with van der Waals surface area (Å²) in [4.78, 5) is 38.5. The van der Waals surface area contributed by atoms with Crippen LogP contribution in [0, 0.1) is 5.92 Å². The van der Waals surface area contributed by atoms with Crippen molar-refractivity contribution in [3.8, 4) is 0 Å². The lowest BCUT2D eigenvalue weighted by Crippen LogP contribution is -2.43. The van der Waals surface area contributed by atoms with Gasteiger partial charge in [0.2, 0.25) is 0 Å². The fourth-order valence-corrected chi connectivity index (χ4v) is 3.68. The SMILES string of the molecule is CC1=C(C(=O)OCC(C)C)C(c2ccc(C(F)(F)F)cc2)c2c(n(C)c(=O)n(C)c2=O)N1. The van der Waals surface area contributed by atoms with Gasteiger partial charge in [0.15, 0.2) is 0 Å². The summed E-state index contributed by atoms with van der Waals surface area (Å²) < 4.78 is 46.7. The zero-order valence-corrected chi connectivity index (χ0v) is 18.3. The molecule has 1 aromatic heterocycles. The molecule has 0 bridgehead atoms. The number of aromatic nitrogens is 2. The summed E-state index contributed by atoms with van der Waals surface area (Å²) in [5.41, 5.74) is -1.25. The van der Waals surface area contributed by atoms with Crippen LogP contribution in [0.2, 0.25) is 0 Å². The lowest BCUT2D eigenvalue weighted by molar-refractivity contribution is -0.140. The minimum Gasteiger partial charge on any atom is -0.462 e. The van der Waals surface area contributed by atoms with Crippen molar-refractivity contribution >= 4 is 11.8 Å². The third kappa shape index (κ3) is 4.09. The Balaban J connectivity index is 2.26. The zero-order chi connectivity index (χ0) is 24.0. The van der Waals surface area contributed by atoms with Crippen LogP contribution in [0.15, 0.2) is 45.1 Å². The van der Waals surface area contributed by atoms with Gasteiger partial charge < -0.3 is 10.1 Å². The summed E-state index contributed by atoms with van der Waals surface area (Å²) in [5, 5.41) is 2.94. The van der Waals surface area contributed by atoms with Crippen LogP contribution in [0.3, 0.4) is 0 Å². The molecule has 32 heavy (non-hydrogen) atoms. The quantitative estimate of drug-likeness (QED) is 0.723. The Bertz CT molecular complexity index is 1210. The fraction of sp³-hybridized carbons (Fsp3) is 0.409. The number of hydrogen-bond acceptors (Lipinski definition) is 5. The Kier molecular flexibility index (Phi) is 6.08. The first-order valence-electron chi connectivity index (χ1n) is 9.96. The lowest BCUT2D eigenvalue weighted by Gasteiger charge is -2.31. The van der Waals surface area contributed by atoms with Crippen LogP contribution in [0.4, 0.5) is 19.0 Å². The topological polar surface area (TPSA) is 82.3 Å². The largest absolute Gasteiger partial charge is 0.462 e. The van der Waals surface area contributed by atoms with Crippen molar-refractivity contribution in [3.63, 3.8) is 0 Å². The third-order valence-corrected chi connectivity index (χ3v) is 5.33. The number of carbonyl (C=O) groups excluding carboxylic acids is 1. The summed E-state index contributed by atoms with van der Waals surface area (Å²) in [6.45, 7) is 5.45. The molecule has 1 unspecified atom stereocenters. The summed E-state index contributed by atoms with van der Waals surface area (Å²) in [6.07, 6.45) is -4.53. The van der Waals surface area contributed by atoms with Gasteiger partial charge in [-0.05, 0) is 30.5 Å². The minimum absolute atomic E-state index is 0.0573. The molecule has 0 amide bonds. The Morgan fingerprint density at radius 2 is 1.72 bits per heavy atom. The van der Waals surface area contributed by atoms with Gasteiger partial charge in [-0.2, -0.15) is 13.2 Å². The lowest BCUT2D eigenvalue weighted by atomic mass is 9.82. The van der Waals surface area contributed by atoms with Crippen molar-refractivity contribution in [2.75, 3.05) is 11.9 Å². The minimum atomic E-state index is -4.53. The second kappa shape index (κ2) is 8.33. The Labute approximate surface area is 182 Å². The summed E-state index contributed by atoms with van der Waals surface area (Å²) in [6, 6.07) is 4.26. The first-order chi connectivity index (χ1) is 14.8. The van der Waals surface area contributed by atoms with E-state index in [-0.39, 0.29) is 29.5 Å². The maximum Gasteiger partial charge on any atom is 0.416 e. The number of alkyl halides is 3. The van der Waals surface area contributed by atoms with E-state index in [1.165, 1.54) is 30.8 Å². The normalized spacial score (nSPS) is 16.1. The van der Waals surface area contributed by atoms with Crippen molar-refractivity contribution in [2.45, 2.75) is 32.9 Å². The molecule has 172 valence electrons. The fourth-order valence-electron chi connectivity index (χ4n) is 3.68. The van der Waals surface area contributed by atoms with Gasteiger partial charge in [0.1, 0.15) is 5.82 Å². The first-order valence-corrected chi connectivity index (χ1v) is 9.96. The number of ether oxygens (including phenoxy) is 1. The van der Waals surface area contributed by atoms with Gasteiger partial charge in [0, 0.05) is 19.8 Å². The molecule has 1 aliphatic rings. The van der Waals surface area contributed by atoms with Crippen LogP contribution in [-0.2, 0) is 29.8 Å². The van der Waals surface area contributed by atoms with Gasteiger partial charge in [-0.1, -0.05) is 26.0 Å². The van der Waals surface area contributed by atoms with E-state index in [1.807, 2.05) is 13.8 Å². The van der Waals surface area contributed by atoms with Crippen LogP contribution >= 0.6 is 0 Å². The zero-order valence-electron chi connectivity index (χ0n) is 18.3. The molecule has 2 aromatic rings. The third-order valence-electron chi connectivity index (χ3n) is 5.33. The standard InChI is InChI=1S/C22H24F3N3O4/c1-11(2)10-32-20(30)15-12(3)26-18-17(19(29)28(5)21(31)27(18)4)16(15)13-6-8-14(9-7-13)22(23,24)25/h6-9,11,16,26H,10H2,1-5H3. The van der Waals surface area contributed by atoms with E-state index < -0.39 is 34.9 Å². The number of nitrogens with zero attached hydrogens (tertiary/aromatic N) is 2. The second-order valence-electron chi connectivity index (χ2n) is 8.18. The highest BCUT2D eigenvalue weighted by Gasteiger charge is 2.38. The molecule has 0 saturated heterocycles. The molecule has 10 heteroatoms. The molecule has 2 heterocycles. The first kappa shape index (κ1) is 23.4. The van der Waals surface area contributed by atoms with Crippen molar-refractivity contribution in [3.05, 3.63) is 73.1 Å².